The van der Waals surface area contributed by atoms with E-state index in [1.165, 1.54) is 6.07 Å². The number of aryl methyl sites for hydroxylation is 3. The van der Waals surface area contributed by atoms with Gasteiger partial charge in [0.05, 0.1) is 5.52 Å². The predicted octanol–water partition coefficient (Wildman–Crippen LogP) is 4.33. The highest BCUT2D eigenvalue weighted by Gasteiger charge is 2.11. The van der Waals surface area contributed by atoms with Crippen molar-refractivity contribution in [1.82, 2.24) is 9.38 Å². The minimum absolute atomic E-state index is 0.149. The summed E-state index contributed by atoms with van der Waals surface area (Å²) < 4.78 is 16.6. The van der Waals surface area contributed by atoms with Crippen LogP contribution in [0.4, 0.5) is 4.39 Å². The van der Waals surface area contributed by atoms with E-state index in [9.17, 15) is 4.39 Å². The lowest BCUT2D eigenvalue weighted by Crippen LogP contribution is -2.01. The smallest absolute Gasteiger partial charge is 0.132 e. The summed E-state index contributed by atoms with van der Waals surface area (Å²) in [5.41, 5.74) is 2.91. The highest BCUT2D eigenvalue weighted by molar-refractivity contribution is 9.10. The van der Waals surface area contributed by atoms with Crippen LogP contribution in [0.25, 0.3) is 5.52 Å². The third-order valence-electron chi connectivity index (χ3n) is 3.46. The van der Waals surface area contributed by atoms with Gasteiger partial charge in [0.2, 0.25) is 0 Å². The van der Waals surface area contributed by atoms with Crippen molar-refractivity contribution in [2.24, 2.45) is 0 Å². The van der Waals surface area contributed by atoms with E-state index in [4.69, 9.17) is 0 Å². The molecule has 1 aromatic carbocycles. The highest BCUT2D eigenvalue weighted by Crippen LogP contribution is 2.21. The average molecular weight is 333 g/mol. The topological polar surface area (TPSA) is 17.3 Å². The second-order valence-corrected chi connectivity index (χ2v) is 5.55. The van der Waals surface area contributed by atoms with Gasteiger partial charge in [0, 0.05) is 12.1 Å². The lowest BCUT2D eigenvalue weighted by Gasteiger charge is -2.05. The fraction of sp³-hybridized carbons (Fsp3) is 0.188. The van der Waals surface area contributed by atoms with Crippen molar-refractivity contribution in [3.05, 3.63) is 70.0 Å². The zero-order chi connectivity index (χ0) is 14.1. The van der Waals surface area contributed by atoms with Crippen LogP contribution in [0, 0.1) is 12.7 Å². The van der Waals surface area contributed by atoms with Crippen molar-refractivity contribution in [3.8, 4) is 0 Å². The first-order chi connectivity index (χ1) is 9.66. The number of rotatable bonds is 3. The Labute approximate surface area is 125 Å². The van der Waals surface area contributed by atoms with E-state index in [-0.39, 0.29) is 5.82 Å². The summed E-state index contributed by atoms with van der Waals surface area (Å²) in [6.45, 7) is 2.05. The van der Waals surface area contributed by atoms with Gasteiger partial charge < -0.3 is 0 Å². The molecule has 102 valence electrons. The summed E-state index contributed by atoms with van der Waals surface area (Å²) in [4.78, 5) is 4.55. The summed E-state index contributed by atoms with van der Waals surface area (Å²) in [5, 5.41) is 0. The zero-order valence-corrected chi connectivity index (χ0v) is 12.7. The van der Waals surface area contributed by atoms with Crippen molar-refractivity contribution >= 4 is 21.4 Å². The summed E-state index contributed by atoms with van der Waals surface area (Å²) in [7, 11) is 0. The molecule has 0 amide bonds. The third kappa shape index (κ3) is 2.36. The maximum absolute atomic E-state index is 13.7. The summed E-state index contributed by atoms with van der Waals surface area (Å²) in [6.07, 6.45) is 1.35. The van der Waals surface area contributed by atoms with Crippen LogP contribution in [0.1, 0.15) is 17.1 Å². The number of halogens is 2. The van der Waals surface area contributed by atoms with E-state index < -0.39 is 0 Å². The van der Waals surface area contributed by atoms with Gasteiger partial charge in [0.25, 0.3) is 0 Å². The van der Waals surface area contributed by atoms with Crippen molar-refractivity contribution in [2.45, 2.75) is 19.8 Å². The molecule has 0 saturated carbocycles. The van der Waals surface area contributed by atoms with Gasteiger partial charge in [-0.25, -0.2) is 9.37 Å². The average Bonchev–Trinajstić information content (AvgIpc) is 2.76. The fourth-order valence-corrected chi connectivity index (χ4v) is 2.97. The van der Waals surface area contributed by atoms with Crippen LogP contribution < -0.4 is 0 Å². The van der Waals surface area contributed by atoms with Crippen LogP contribution in [0.15, 0.2) is 47.1 Å². The Morgan fingerprint density at radius 1 is 1.10 bits per heavy atom. The first-order valence-electron chi connectivity index (χ1n) is 6.52. The molecular weight excluding hydrogens is 319 g/mol. The summed E-state index contributed by atoms with van der Waals surface area (Å²) in [6, 6.07) is 13.0. The normalized spacial score (nSPS) is 11.2. The maximum Gasteiger partial charge on any atom is 0.132 e. The van der Waals surface area contributed by atoms with Crippen LogP contribution in [0.3, 0.4) is 0 Å². The molecule has 0 radical (unpaired) electrons. The predicted molar refractivity (Wildman–Crippen MR) is 81.4 cm³/mol. The molecule has 0 N–H and O–H groups in total. The van der Waals surface area contributed by atoms with Crippen LogP contribution in [0.5, 0.6) is 0 Å². The van der Waals surface area contributed by atoms with Crippen molar-refractivity contribution < 1.29 is 4.39 Å². The number of benzene rings is 1. The molecule has 0 bridgehead atoms. The SMILES string of the molecule is Cc1cccc2c(Br)nc(CCc3ccccc3F)n12. The number of pyridine rings is 1. The number of hydrogen-bond donors (Lipinski definition) is 0. The molecule has 0 aliphatic heterocycles. The molecule has 0 aliphatic carbocycles. The van der Waals surface area contributed by atoms with E-state index in [1.54, 1.807) is 6.07 Å². The number of aromatic nitrogens is 2. The lowest BCUT2D eigenvalue weighted by atomic mass is 10.1. The highest BCUT2D eigenvalue weighted by atomic mass is 79.9. The van der Waals surface area contributed by atoms with Crippen molar-refractivity contribution in [2.75, 3.05) is 0 Å². The molecule has 0 saturated heterocycles. The minimum Gasteiger partial charge on any atom is -0.300 e. The van der Waals surface area contributed by atoms with Gasteiger partial charge in [-0.1, -0.05) is 24.3 Å². The van der Waals surface area contributed by atoms with Gasteiger partial charge >= 0.3 is 0 Å². The Hall–Kier alpha value is -1.68. The van der Waals surface area contributed by atoms with Crippen LogP contribution in [-0.4, -0.2) is 9.38 Å². The summed E-state index contributed by atoms with van der Waals surface area (Å²) >= 11 is 3.49. The first-order valence-corrected chi connectivity index (χ1v) is 7.32. The molecule has 3 rings (SSSR count). The Bertz CT molecular complexity index is 764. The maximum atomic E-state index is 13.7. The fourth-order valence-electron chi connectivity index (χ4n) is 2.46. The molecule has 3 aromatic rings. The van der Waals surface area contributed by atoms with E-state index >= 15 is 0 Å². The Balaban J connectivity index is 1.94. The molecule has 0 atom stereocenters. The quantitative estimate of drug-likeness (QED) is 0.697. The molecule has 0 fully saturated rings. The van der Waals surface area contributed by atoms with E-state index in [1.807, 2.05) is 37.3 Å². The van der Waals surface area contributed by atoms with E-state index in [0.717, 1.165) is 27.2 Å². The van der Waals surface area contributed by atoms with Gasteiger partial charge in [0.15, 0.2) is 0 Å². The zero-order valence-electron chi connectivity index (χ0n) is 11.1. The number of fused-ring (bicyclic) bond motifs is 1. The molecule has 0 aliphatic rings. The summed E-state index contributed by atoms with van der Waals surface area (Å²) in [5.74, 6) is 0.803. The van der Waals surface area contributed by atoms with Crippen LogP contribution >= 0.6 is 15.9 Å². The molecule has 20 heavy (non-hydrogen) atoms. The molecule has 2 aromatic heterocycles. The standard InChI is InChI=1S/C16H14BrFN2/c1-11-5-4-8-14-16(17)19-15(20(11)14)10-9-12-6-2-3-7-13(12)18/h2-8H,9-10H2,1H3. The number of nitrogens with zero attached hydrogens (tertiary/aromatic N) is 2. The molecule has 2 heterocycles. The largest absolute Gasteiger partial charge is 0.300 e. The lowest BCUT2D eigenvalue weighted by molar-refractivity contribution is 0.607. The third-order valence-corrected chi connectivity index (χ3v) is 4.04. The van der Waals surface area contributed by atoms with Gasteiger partial charge in [-0.15, -0.1) is 0 Å². The Morgan fingerprint density at radius 3 is 2.70 bits per heavy atom. The molecule has 4 heteroatoms. The monoisotopic (exact) mass is 332 g/mol. The molecule has 2 nitrogen and oxygen atoms in total. The minimum atomic E-state index is -0.149. The van der Waals surface area contributed by atoms with Crippen molar-refractivity contribution in [1.29, 1.82) is 0 Å². The first kappa shape index (κ1) is 13.3. The second kappa shape index (κ2) is 5.37. The van der Waals surface area contributed by atoms with Crippen LogP contribution in [-0.2, 0) is 12.8 Å². The Kier molecular flexibility index (Phi) is 3.57. The number of imidazole rings is 1. The Morgan fingerprint density at radius 2 is 1.90 bits per heavy atom. The van der Waals surface area contributed by atoms with Gasteiger partial charge in [-0.3, -0.25) is 4.40 Å². The van der Waals surface area contributed by atoms with Crippen LogP contribution in [0.2, 0.25) is 0 Å². The molecule has 0 unspecified atom stereocenters. The molecule has 0 spiro atoms. The molecular formula is C16H14BrFN2. The number of hydrogen-bond acceptors (Lipinski definition) is 1. The van der Waals surface area contributed by atoms with Crippen molar-refractivity contribution in [3.63, 3.8) is 0 Å². The van der Waals surface area contributed by atoms with E-state index in [0.29, 0.717) is 12.8 Å². The van der Waals surface area contributed by atoms with E-state index in [2.05, 4.69) is 25.3 Å². The second-order valence-electron chi connectivity index (χ2n) is 4.80. The van der Waals surface area contributed by atoms with Gasteiger partial charge in [-0.05, 0) is 53.0 Å². The van der Waals surface area contributed by atoms with Gasteiger partial charge in [0.1, 0.15) is 16.2 Å². The van der Waals surface area contributed by atoms with Gasteiger partial charge in [-0.2, -0.15) is 0 Å².